The zero-order chi connectivity index (χ0) is 15.3. The predicted molar refractivity (Wildman–Crippen MR) is 98.4 cm³/mol. The average Bonchev–Trinajstić information content (AvgIpc) is 2.46. The van der Waals surface area contributed by atoms with Crippen LogP contribution in [0.25, 0.3) is 12.2 Å². The molecule has 5 heteroatoms. The van der Waals surface area contributed by atoms with Crippen LogP contribution in [0.15, 0.2) is 59.9 Å². The molecule has 0 bridgehead atoms. The quantitative estimate of drug-likeness (QED) is 0.412. The summed E-state index contributed by atoms with van der Waals surface area (Å²) in [5.74, 6) is 0. The standard InChI is InChI=1S/C16H12Cl4Si/c17-15-5-1-13(2-6-15)9-11-21(19,20)12-10-14-3-7-16(18)8-4-14/h1-12H/b11-9+,12-10+. The Morgan fingerprint density at radius 1 is 0.619 bits per heavy atom. The summed E-state index contributed by atoms with van der Waals surface area (Å²) in [6, 6.07) is 15.0. The Bertz CT molecular complexity index is 585. The van der Waals surface area contributed by atoms with Crippen molar-refractivity contribution in [2.75, 3.05) is 0 Å². The molecule has 0 amide bonds. The Hall–Kier alpha value is -0.703. The van der Waals surface area contributed by atoms with Gasteiger partial charge in [0.15, 0.2) is 0 Å². The molecule has 0 N–H and O–H groups in total. The van der Waals surface area contributed by atoms with Crippen LogP contribution < -0.4 is 0 Å². The second-order valence-corrected chi connectivity index (χ2v) is 11.7. The Balaban J connectivity index is 2.07. The Labute approximate surface area is 145 Å². The minimum Gasteiger partial charge on any atom is -0.135 e. The lowest BCUT2D eigenvalue weighted by Crippen LogP contribution is -2.11. The van der Waals surface area contributed by atoms with Crippen LogP contribution in [0.4, 0.5) is 0 Å². The Morgan fingerprint density at radius 2 is 0.952 bits per heavy atom. The predicted octanol–water partition coefficient (Wildman–Crippen LogP) is 6.72. The van der Waals surface area contributed by atoms with Crippen LogP contribution in [-0.4, -0.2) is 6.69 Å². The van der Waals surface area contributed by atoms with Crippen molar-refractivity contribution in [1.29, 1.82) is 0 Å². The van der Waals surface area contributed by atoms with E-state index in [1.54, 1.807) is 0 Å². The normalized spacial score (nSPS) is 12.4. The topological polar surface area (TPSA) is 0 Å². The van der Waals surface area contributed by atoms with E-state index in [1.165, 1.54) is 0 Å². The fourth-order valence-electron chi connectivity index (χ4n) is 1.62. The van der Waals surface area contributed by atoms with Gasteiger partial charge in [0.25, 0.3) is 6.69 Å². The minimum atomic E-state index is -2.58. The third-order valence-electron chi connectivity index (χ3n) is 2.74. The number of hydrogen-bond acceptors (Lipinski definition) is 0. The second-order valence-electron chi connectivity index (χ2n) is 4.44. The van der Waals surface area contributed by atoms with E-state index < -0.39 is 6.69 Å². The summed E-state index contributed by atoms with van der Waals surface area (Å²) >= 11 is 24.4. The van der Waals surface area contributed by atoms with Gasteiger partial charge in [0.2, 0.25) is 0 Å². The molecule has 0 atom stereocenters. The van der Waals surface area contributed by atoms with Gasteiger partial charge in [0.05, 0.1) is 0 Å². The summed E-state index contributed by atoms with van der Waals surface area (Å²) in [4.78, 5) is 0. The van der Waals surface area contributed by atoms with Gasteiger partial charge in [-0.25, -0.2) is 0 Å². The fraction of sp³-hybridized carbons (Fsp3) is 0. The summed E-state index contributed by atoms with van der Waals surface area (Å²) < 4.78 is 0. The lowest BCUT2D eigenvalue weighted by molar-refractivity contribution is 1.66. The van der Waals surface area contributed by atoms with Crippen molar-refractivity contribution in [2.45, 2.75) is 0 Å². The molecule has 2 aromatic carbocycles. The number of hydrogen-bond donors (Lipinski definition) is 0. The van der Waals surface area contributed by atoms with E-state index in [1.807, 2.05) is 72.1 Å². The maximum absolute atomic E-state index is 6.38. The van der Waals surface area contributed by atoms with E-state index in [0.717, 1.165) is 11.1 Å². The molecule has 108 valence electrons. The van der Waals surface area contributed by atoms with Crippen molar-refractivity contribution in [3.63, 3.8) is 0 Å². The summed E-state index contributed by atoms with van der Waals surface area (Å²) in [5.41, 5.74) is 5.73. The highest BCUT2D eigenvalue weighted by Gasteiger charge is 2.20. The van der Waals surface area contributed by atoms with Crippen molar-refractivity contribution < 1.29 is 0 Å². The molecule has 0 radical (unpaired) electrons. The van der Waals surface area contributed by atoms with Crippen LogP contribution in [-0.2, 0) is 0 Å². The summed E-state index contributed by atoms with van der Waals surface area (Å²) in [7, 11) is 0. The van der Waals surface area contributed by atoms with Gasteiger partial charge in [0.1, 0.15) is 0 Å². The molecule has 0 aliphatic carbocycles. The van der Waals surface area contributed by atoms with Gasteiger partial charge < -0.3 is 0 Å². The van der Waals surface area contributed by atoms with Gasteiger partial charge in [-0.2, -0.15) is 0 Å². The SMILES string of the molecule is Clc1ccc(/C=C/[Si](Cl)(Cl)/C=C/c2ccc(Cl)cc2)cc1. The van der Waals surface area contributed by atoms with E-state index in [9.17, 15) is 0 Å². The largest absolute Gasteiger partial charge is 0.296 e. The monoisotopic (exact) mass is 372 g/mol. The second kappa shape index (κ2) is 7.53. The summed E-state index contributed by atoms with van der Waals surface area (Å²) in [6.07, 6.45) is 3.82. The maximum atomic E-state index is 6.38. The molecule has 0 unspecified atom stereocenters. The van der Waals surface area contributed by atoms with E-state index in [-0.39, 0.29) is 0 Å². The molecule has 0 saturated heterocycles. The van der Waals surface area contributed by atoms with Crippen LogP contribution in [0, 0.1) is 0 Å². The highest BCUT2D eigenvalue weighted by Crippen LogP contribution is 2.22. The highest BCUT2D eigenvalue weighted by molar-refractivity contribution is 7.50. The Morgan fingerprint density at radius 3 is 1.29 bits per heavy atom. The van der Waals surface area contributed by atoms with Crippen LogP contribution >= 0.6 is 45.4 Å². The molecule has 2 aromatic rings. The lowest BCUT2D eigenvalue weighted by atomic mass is 10.2. The molecular weight excluding hydrogens is 362 g/mol. The molecule has 0 saturated carbocycles. The first-order chi connectivity index (χ1) is 9.94. The molecule has 0 aliphatic heterocycles. The Kier molecular flexibility index (Phi) is 5.97. The smallest absolute Gasteiger partial charge is 0.135 e. The van der Waals surface area contributed by atoms with Gasteiger partial charge in [-0.1, -0.05) is 71.0 Å². The van der Waals surface area contributed by atoms with E-state index in [4.69, 9.17) is 45.4 Å². The van der Waals surface area contributed by atoms with Crippen LogP contribution in [0.1, 0.15) is 11.1 Å². The lowest BCUT2D eigenvalue weighted by Gasteiger charge is -2.05. The molecule has 0 heterocycles. The third kappa shape index (κ3) is 5.89. The average molecular weight is 374 g/mol. The third-order valence-corrected chi connectivity index (χ3v) is 5.97. The van der Waals surface area contributed by atoms with E-state index in [0.29, 0.717) is 10.0 Å². The fourth-order valence-corrected chi connectivity index (χ4v) is 3.57. The number of rotatable bonds is 4. The number of benzene rings is 2. The van der Waals surface area contributed by atoms with Gasteiger partial charge >= 0.3 is 0 Å². The first-order valence-electron chi connectivity index (χ1n) is 6.22. The highest BCUT2D eigenvalue weighted by atomic mass is 35.7. The summed E-state index contributed by atoms with van der Waals surface area (Å²) in [5, 5.41) is 1.41. The van der Waals surface area contributed by atoms with Gasteiger partial charge in [0, 0.05) is 10.0 Å². The van der Waals surface area contributed by atoms with Crippen LogP contribution in [0.5, 0.6) is 0 Å². The molecule has 0 aliphatic rings. The molecule has 2 rings (SSSR count). The van der Waals surface area contributed by atoms with Crippen molar-refractivity contribution in [3.05, 3.63) is 81.1 Å². The maximum Gasteiger partial charge on any atom is 0.296 e. The molecule has 21 heavy (non-hydrogen) atoms. The molecule has 0 fully saturated rings. The van der Waals surface area contributed by atoms with Crippen molar-refractivity contribution in [1.82, 2.24) is 0 Å². The molecule has 0 nitrogen and oxygen atoms in total. The zero-order valence-corrected chi connectivity index (χ0v) is 15.0. The number of halogens is 4. The molecular formula is C16H12Cl4Si. The molecule has 0 aromatic heterocycles. The molecule has 0 spiro atoms. The van der Waals surface area contributed by atoms with Gasteiger partial charge in [-0.15, -0.1) is 22.2 Å². The summed E-state index contributed by atoms with van der Waals surface area (Å²) in [6.45, 7) is -2.58. The van der Waals surface area contributed by atoms with Crippen molar-refractivity contribution >= 4 is 64.2 Å². The van der Waals surface area contributed by atoms with Crippen molar-refractivity contribution in [2.24, 2.45) is 0 Å². The first kappa shape index (κ1) is 16.7. The first-order valence-corrected chi connectivity index (χ1v) is 11.2. The van der Waals surface area contributed by atoms with Gasteiger partial charge in [-0.3, -0.25) is 0 Å². The van der Waals surface area contributed by atoms with Crippen LogP contribution in [0.3, 0.4) is 0 Å². The zero-order valence-electron chi connectivity index (χ0n) is 10.9. The minimum absolute atomic E-state index is 0.704. The van der Waals surface area contributed by atoms with Crippen LogP contribution in [0.2, 0.25) is 10.0 Å². The van der Waals surface area contributed by atoms with E-state index >= 15 is 0 Å². The van der Waals surface area contributed by atoms with Gasteiger partial charge in [-0.05, 0) is 35.4 Å². The van der Waals surface area contributed by atoms with Crippen molar-refractivity contribution in [3.8, 4) is 0 Å². The van der Waals surface area contributed by atoms with E-state index in [2.05, 4.69) is 0 Å².